The molecule has 0 aliphatic carbocycles. The highest BCUT2D eigenvalue weighted by Gasteiger charge is 2.18. The fourth-order valence-electron chi connectivity index (χ4n) is 3.15. The molecule has 4 rings (SSSR count). The first-order valence-corrected chi connectivity index (χ1v) is 10.8. The second-order valence-corrected chi connectivity index (χ2v) is 9.58. The molecule has 31 heavy (non-hydrogen) atoms. The number of amides is 2. The van der Waals surface area contributed by atoms with Gasteiger partial charge >= 0.3 is 0 Å². The van der Waals surface area contributed by atoms with E-state index in [1.807, 2.05) is 55.5 Å². The van der Waals surface area contributed by atoms with Crippen molar-refractivity contribution in [3.8, 4) is 0 Å². The number of nitrogens with one attached hydrogen (secondary N) is 3. The summed E-state index contributed by atoms with van der Waals surface area (Å²) in [6.45, 7) is 8.39. The van der Waals surface area contributed by atoms with Gasteiger partial charge in [-0.2, -0.15) is 5.10 Å². The number of aromatic nitrogens is 2. The zero-order valence-corrected chi connectivity index (χ0v) is 18.7. The predicted octanol–water partition coefficient (Wildman–Crippen LogP) is 5.73. The van der Waals surface area contributed by atoms with E-state index in [0.29, 0.717) is 21.6 Å². The first kappa shape index (κ1) is 20.8. The number of benzene rings is 2. The van der Waals surface area contributed by atoms with Gasteiger partial charge in [0.2, 0.25) is 0 Å². The molecule has 0 fully saturated rings. The molecule has 158 valence electrons. The standard InChI is InChI=1S/C24H24N4O2S/c1-14-5-11-17(12-6-14)25-22(30)19-13-18-20(27-28-23(18)31-19)26-21(29)15-7-9-16(10-8-15)24(2,3)4/h5-13H,1-4H3,(H,25,30)(H2,26,27,28,29). The van der Waals surface area contributed by atoms with E-state index >= 15 is 0 Å². The summed E-state index contributed by atoms with van der Waals surface area (Å²) in [5.41, 5.74) is 3.60. The molecule has 0 unspecified atom stereocenters. The molecule has 0 atom stereocenters. The Balaban J connectivity index is 1.50. The Morgan fingerprint density at radius 3 is 2.26 bits per heavy atom. The molecular formula is C24H24N4O2S. The minimum Gasteiger partial charge on any atom is -0.321 e. The van der Waals surface area contributed by atoms with Crippen LogP contribution >= 0.6 is 11.3 Å². The molecule has 2 aromatic carbocycles. The number of carbonyl (C=O) groups is 2. The van der Waals surface area contributed by atoms with Crippen molar-refractivity contribution in [1.82, 2.24) is 10.2 Å². The van der Waals surface area contributed by atoms with E-state index in [2.05, 4.69) is 41.6 Å². The van der Waals surface area contributed by atoms with Gasteiger partial charge in [0, 0.05) is 11.3 Å². The number of hydrogen-bond acceptors (Lipinski definition) is 4. The number of nitrogens with zero attached hydrogens (tertiary/aromatic N) is 1. The summed E-state index contributed by atoms with van der Waals surface area (Å²) in [4.78, 5) is 26.6. The van der Waals surface area contributed by atoms with E-state index < -0.39 is 0 Å². The second-order valence-electron chi connectivity index (χ2n) is 8.53. The van der Waals surface area contributed by atoms with Crippen molar-refractivity contribution in [2.75, 3.05) is 10.6 Å². The highest BCUT2D eigenvalue weighted by molar-refractivity contribution is 7.20. The van der Waals surface area contributed by atoms with E-state index in [0.717, 1.165) is 21.6 Å². The molecule has 4 aromatic rings. The minimum atomic E-state index is -0.245. The van der Waals surface area contributed by atoms with Crippen molar-refractivity contribution in [1.29, 1.82) is 0 Å². The third-order valence-electron chi connectivity index (χ3n) is 5.03. The summed E-state index contributed by atoms with van der Waals surface area (Å²) in [5.74, 6) is -0.0373. The first-order chi connectivity index (χ1) is 14.7. The van der Waals surface area contributed by atoms with Crippen molar-refractivity contribution < 1.29 is 9.59 Å². The van der Waals surface area contributed by atoms with Crippen LogP contribution < -0.4 is 10.6 Å². The van der Waals surface area contributed by atoms with Crippen LogP contribution in [-0.2, 0) is 5.41 Å². The van der Waals surface area contributed by atoms with Gasteiger partial charge in [-0.1, -0.05) is 50.6 Å². The molecule has 0 aliphatic heterocycles. The summed E-state index contributed by atoms with van der Waals surface area (Å²) in [7, 11) is 0. The van der Waals surface area contributed by atoms with Gasteiger partial charge < -0.3 is 10.6 Å². The van der Waals surface area contributed by atoms with Crippen molar-refractivity contribution in [3.05, 3.63) is 76.2 Å². The largest absolute Gasteiger partial charge is 0.321 e. The van der Waals surface area contributed by atoms with Crippen molar-refractivity contribution in [2.24, 2.45) is 0 Å². The lowest BCUT2D eigenvalue weighted by Crippen LogP contribution is -2.14. The second kappa shape index (κ2) is 8.00. The van der Waals surface area contributed by atoms with E-state index in [-0.39, 0.29) is 17.2 Å². The van der Waals surface area contributed by atoms with Crippen LogP contribution in [0.1, 0.15) is 51.9 Å². The lowest BCUT2D eigenvalue weighted by atomic mass is 9.87. The maximum Gasteiger partial charge on any atom is 0.265 e. The zero-order chi connectivity index (χ0) is 22.2. The van der Waals surface area contributed by atoms with E-state index in [1.54, 1.807) is 6.07 Å². The number of fused-ring (bicyclic) bond motifs is 1. The van der Waals surface area contributed by atoms with Crippen LogP contribution in [0.5, 0.6) is 0 Å². The van der Waals surface area contributed by atoms with Crippen LogP contribution in [-0.4, -0.2) is 22.0 Å². The lowest BCUT2D eigenvalue weighted by molar-refractivity contribution is 0.102. The third-order valence-corrected chi connectivity index (χ3v) is 6.07. The summed E-state index contributed by atoms with van der Waals surface area (Å²) >= 11 is 1.29. The molecule has 2 heterocycles. The number of carbonyl (C=O) groups excluding carboxylic acids is 2. The number of hydrogen-bond donors (Lipinski definition) is 3. The highest BCUT2D eigenvalue weighted by Crippen LogP contribution is 2.30. The van der Waals surface area contributed by atoms with E-state index in [4.69, 9.17) is 0 Å². The summed E-state index contributed by atoms with van der Waals surface area (Å²) in [6, 6.07) is 16.9. The van der Waals surface area contributed by atoms with Gasteiger partial charge in [-0.05, 0) is 48.2 Å². The molecule has 2 amide bonds. The Morgan fingerprint density at radius 2 is 1.61 bits per heavy atom. The average Bonchev–Trinajstić information content (AvgIpc) is 3.31. The molecule has 0 bridgehead atoms. The Labute approximate surface area is 184 Å². The Kier molecular flexibility index (Phi) is 5.37. The maximum absolute atomic E-state index is 12.7. The SMILES string of the molecule is Cc1ccc(NC(=O)c2cc3c(NC(=O)c4ccc(C(C)(C)C)cc4)n[nH]c3s2)cc1. The molecule has 0 radical (unpaired) electrons. The number of thiophene rings is 1. The smallest absolute Gasteiger partial charge is 0.265 e. The molecule has 0 saturated heterocycles. The summed E-state index contributed by atoms with van der Waals surface area (Å²) < 4.78 is 0. The number of rotatable bonds is 4. The average molecular weight is 433 g/mol. The first-order valence-electron chi connectivity index (χ1n) is 9.98. The third kappa shape index (κ3) is 4.51. The molecular weight excluding hydrogens is 408 g/mol. The molecule has 3 N–H and O–H groups in total. The maximum atomic E-state index is 12.7. The minimum absolute atomic E-state index is 0.0234. The van der Waals surface area contributed by atoms with Crippen molar-refractivity contribution in [2.45, 2.75) is 33.1 Å². The Bertz CT molecular complexity index is 1250. The predicted molar refractivity (Wildman–Crippen MR) is 126 cm³/mol. The monoisotopic (exact) mass is 432 g/mol. The van der Waals surface area contributed by atoms with E-state index in [1.165, 1.54) is 11.3 Å². The highest BCUT2D eigenvalue weighted by atomic mass is 32.1. The molecule has 7 heteroatoms. The van der Waals surface area contributed by atoms with Crippen LogP contribution in [0.4, 0.5) is 11.5 Å². The van der Waals surface area contributed by atoms with Gasteiger partial charge in [-0.15, -0.1) is 11.3 Å². The normalized spacial score (nSPS) is 11.5. The summed E-state index contributed by atoms with van der Waals surface area (Å²) in [6.07, 6.45) is 0. The summed E-state index contributed by atoms with van der Waals surface area (Å²) in [5, 5.41) is 13.5. The number of anilines is 2. The molecule has 2 aromatic heterocycles. The van der Waals surface area contributed by atoms with Crippen LogP contribution in [0, 0.1) is 6.92 Å². The van der Waals surface area contributed by atoms with Crippen molar-refractivity contribution in [3.63, 3.8) is 0 Å². The number of aryl methyl sites for hydroxylation is 1. The van der Waals surface area contributed by atoms with Crippen LogP contribution in [0.3, 0.4) is 0 Å². The topological polar surface area (TPSA) is 86.9 Å². The molecule has 0 spiro atoms. The zero-order valence-electron chi connectivity index (χ0n) is 17.9. The van der Waals surface area contributed by atoms with Crippen LogP contribution in [0.25, 0.3) is 10.2 Å². The fraction of sp³-hybridized carbons (Fsp3) is 0.208. The van der Waals surface area contributed by atoms with Crippen molar-refractivity contribution >= 4 is 44.9 Å². The van der Waals surface area contributed by atoms with Gasteiger partial charge in [0.15, 0.2) is 5.82 Å². The van der Waals surface area contributed by atoms with Crippen LogP contribution in [0.2, 0.25) is 0 Å². The van der Waals surface area contributed by atoms with Gasteiger partial charge in [0.25, 0.3) is 11.8 Å². The van der Waals surface area contributed by atoms with Gasteiger partial charge in [0.1, 0.15) is 4.83 Å². The lowest BCUT2D eigenvalue weighted by Gasteiger charge is -2.18. The molecule has 6 nitrogen and oxygen atoms in total. The number of H-pyrrole nitrogens is 1. The van der Waals surface area contributed by atoms with Gasteiger partial charge in [-0.25, -0.2) is 0 Å². The Hall–Kier alpha value is -3.45. The quantitative estimate of drug-likeness (QED) is 0.385. The molecule has 0 aliphatic rings. The Morgan fingerprint density at radius 1 is 0.935 bits per heavy atom. The van der Waals surface area contributed by atoms with Gasteiger partial charge in [0.05, 0.1) is 10.3 Å². The fourth-order valence-corrected chi connectivity index (χ4v) is 4.05. The number of aromatic amines is 1. The van der Waals surface area contributed by atoms with E-state index in [9.17, 15) is 9.59 Å². The van der Waals surface area contributed by atoms with Gasteiger partial charge in [-0.3, -0.25) is 14.7 Å². The molecule has 0 saturated carbocycles. The van der Waals surface area contributed by atoms with Crippen LogP contribution in [0.15, 0.2) is 54.6 Å².